The van der Waals surface area contributed by atoms with E-state index >= 15 is 0 Å². The summed E-state index contributed by atoms with van der Waals surface area (Å²) in [5, 5.41) is 2.65. The molecule has 0 aromatic carbocycles. The molecular weight excluding hydrogens is 176 g/mol. The van der Waals surface area contributed by atoms with Gasteiger partial charge in [0.05, 0.1) is 0 Å². The summed E-state index contributed by atoms with van der Waals surface area (Å²) in [6.45, 7) is 8.23. The summed E-state index contributed by atoms with van der Waals surface area (Å²) in [4.78, 5) is 13.1. The molecule has 1 rings (SSSR count). The van der Waals surface area contributed by atoms with E-state index in [1.165, 1.54) is 5.57 Å². The summed E-state index contributed by atoms with van der Waals surface area (Å²) in [5.41, 5.74) is 1.70. The molecule has 0 aromatic rings. The Morgan fingerprint density at radius 2 is 2.14 bits per heavy atom. The number of amides is 2. The third-order valence-electron chi connectivity index (χ3n) is 2.67. The molecule has 0 unspecified atom stereocenters. The fraction of sp³-hybridized carbons (Fsp3) is 0.727. The van der Waals surface area contributed by atoms with Crippen LogP contribution >= 0.6 is 0 Å². The number of hydrogen-bond donors (Lipinski definition) is 1. The standard InChI is InChI=1S/C11H20N2O/c1-11(2,3)9-5-7-13(8-6-9)10(14)12-4/h5H,6-8H2,1-4H3,(H,12,14). The van der Waals surface area contributed by atoms with Crippen LogP contribution in [-0.2, 0) is 0 Å². The zero-order valence-electron chi connectivity index (χ0n) is 9.55. The first kappa shape index (κ1) is 11.1. The maximum atomic E-state index is 11.3. The molecule has 2 amide bonds. The second kappa shape index (κ2) is 4.03. The normalized spacial score (nSPS) is 17.7. The lowest BCUT2D eigenvalue weighted by Gasteiger charge is -2.31. The van der Waals surface area contributed by atoms with E-state index in [4.69, 9.17) is 0 Å². The maximum Gasteiger partial charge on any atom is 0.317 e. The van der Waals surface area contributed by atoms with Crippen LogP contribution in [-0.4, -0.2) is 31.1 Å². The first-order chi connectivity index (χ1) is 6.45. The lowest BCUT2D eigenvalue weighted by molar-refractivity contribution is 0.202. The third kappa shape index (κ3) is 2.50. The van der Waals surface area contributed by atoms with Gasteiger partial charge < -0.3 is 10.2 Å². The van der Waals surface area contributed by atoms with Crippen molar-refractivity contribution in [1.82, 2.24) is 10.2 Å². The maximum absolute atomic E-state index is 11.3. The Kier molecular flexibility index (Phi) is 3.19. The molecule has 1 aliphatic heterocycles. The van der Waals surface area contributed by atoms with Gasteiger partial charge in [-0.05, 0) is 11.8 Å². The molecule has 0 bridgehead atoms. The highest BCUT2D eigenvalue weighted by Crippen LogP contribution is 2.29. The highest BCUT2D eigenvalue weighted by atomic mass is 16.2. The van der Waals surface area contributed by atoms with E-state index in [0.29, 0.717) is 0 Å². The van der Waals surface area contributed by atoms with Crippen molar-refractivity contribution in [3.8, 4) is 0 Å². The fourth-order valence-electron chi connectivity index (χ4n) is 1.69. The van der Waals surface area contributed by atoms with Crippen molar-refractivity contribution in [2.24, 2.45) is 5.41 Å². The number of carbonyl (C=O) groups is 1. The average Bonchev–Trinajstić information content (AvgIpc) is 2.15. The van der Waals surface area contributed by atoms with Crippen LogP contribution in [0.25, 0.3) is 0 Å². The molecule has 80 valence electrons. The Bertz CT molecular complexity index is 251. The average molecular weight is 196 g/mol. The van der Waals surface area contributed by atoms with E-state index in [-0.39, 0.29) is 11.4 Å². The van der Waals surface area contributed by atoms with Gasteiger partial charge in [-0.1, -0.05) is 32.4 Å². The van der Waals surface area contributed by atoms with Crippen LogP contribution in [0.3, 0.4) is 0 Å². The third-order valence-corrected chi connectivity index (χ3v) is 2.67. The molecule has 1 heterocycles. The van der Waals surface area contributed by atoms with E-state index in [2.05, 4.69) is 32.2 Å². The van der Waals surface area contributed by atoms with Crippen LogP contribution in [0.15, 0.2) is 11.6 Å². The van der Waals surface area contributed by atoms with Crippen molar-refractivity contribution in [2.75, 3.05) is 20.1 Å². The quantitative estimate of drug-likeness (QED) is 0.590. The van der Waals surface area contributed by atoms with Crippen molar-refractivity contribution in [3.05, 3.63) is 11.6 Å². The minimum absolute atomic E-state index is 0.0224. The molecule has 1 N–H and O–H groups in total. The van der Waals surface area contributed by atoms with Gasteiger partial charge in [0.15, 0.2) is 0 Å². The summed E-state index contributed by atoms with van der Waals surface area (Å²) in [6, 6.07) is 0.0224. The van der Waals surface area contributed by atoms with E-state index in [9.17, 15) is 4.79 Å². The van der Waals surface area contributed by atoms with Crippen molar-refractivity contribution < 1.29 is 4.79 Å². The van der Waals surface area contributed by atoms with E-state index in [0.717, 1.165) is 19.5 Å². The monoisotopic (exact) mass is 196 g/mol. The first-order valence-corrected chi connectivity index (χ1v) is 5.11. The second-order valence-corrected chi connectivity index (χ2v) is 4.73. The van der Waals surface area contributed by atoms with Crippen molar-refractivity contribution in [2.45, 2.75) is 27.2 Å². The van der Waals surface area contributed by atoms with Crippen LogP contribution in [0.2, 0.25) is 0 Å². The lowest BCUT2D eigenvalue weighted by atomic mass is 9.83. The second-order valence-electron chi connectivity index (χ2n) is 4.73. The van der Waals surface area contributed by atoms with Crippen molar-refractivity contribution >= 4 is 6.03 Å². The Labute approximate surface area is 86.2 Å². The zero-order chi connectivity index (χ0) is 10.8. The first-order valence-electron chi connectivity index (χ1n) is 5.11. The number of carbonyl (C=O) groups excluding carboxylic acids is 1. The molecule has 0 aromatic heterocycles. The van der Waals surface area contributed by atoms with E-state index < -0.39 is 0 Å². The van der Waals surface area contributed by atoms with Gasteiger partial charge in [0.25, 0.3) is 0 Å². The molecule has 0 spiro atoms. The van der Waals surface area contributed by atoms with Gasteiger partial charge >= 0.3 is 6.03 Å². The van der Waals surface area contributed by atoms with Crippen molar-refractivity contribution in [1.29, 1.82) is 0 Å². The number of nitrogens with zero attached hydrogens (tertiary/aromatic N) is 1. The van der Waals surface area contributed by atoms with Gasteiger partial charge in [-0.2, -0.15) is 0 Å². The predicted octanol–water partition coefficient (Wildman–Crippen LogP) is 2.00. The minimum Gasteiger partial charge on any atom is -0.341 e. The summed E-state index contributed by atoms with van der Waals surface area (Å²) in [7, 11) is 1.67. The number of urea groups is 1. The zero-order valence-corrected chi connectivity index (χ0v) is 9.55. The van der Waals surface area contributed by atoms with Crippen LogP contribution in [0.1, 0.15) is 27.2 Å². The molecule has 0 saturated heterocycles. The van der Waals surface area contributed by atoms with Gasteiger partial charge in [0.1, 0.15) is 0 Å². The van der Waals surface area contributed by atoms with Crippen LogP contribution in [0.5, 0.6) is 0 Å². The molecule has 0 fully saturated rings. The molecule has 14 heavy (non-hydrogen) atoms. The topological polar surface area (TPSA) is 32.3 Å². The smallest absolute Gasteiger partial charge is 0.317 e. The largest absolute Gasteiger partial charge is 0.341 e. The fourth-order valence-corrected chi connectivity index (χ4v) is 1.69. The van der Waals surface area contributed by atoms with Gasteiger partial charge in [-0.15, -0.1) is 0 Å². The van der Waals surface area contributed by atoms with Gasteiger partial charge in [0.2, 0.25) is 0 Å². The lowest BCUT2D eigenvalue weighted by Crippen LogP contribution is -2.41. The molecule has 0 saturated carbocycles. The predicted molar refractivity (Wildman–Crippen MR) is 58.2 cm³/mol. The summed E-state index contributed by atoms with van der Waals surface area (Å²) in [6.07, 6.45) is 3.18. The number of hydrogen-bond acceptors (Lipinski definition) is 1. The Morgan fingerprint density at radius 1 is 1.50 bits per heavy atom. The number of nitrogens with one attached hydrogen (secondary N) is 1. The molecule has 0 atom stereocenters. The van der Waals surface area contributed by atoms with Gasteiger partial charge in [-0.3, -0.25) is 0 Å². The molecule has 3 heteroatoms. The van der Waals surface area contributed by atoms with E-state index in [1.54, 1.807) is 7.05 Å². The van der Waals surface area contributed by atoms with Crippen molar-refractivity contribution in [3.63, 3.8) is 0 Å². The molecule has 0 radical (unpaired) electrons. The molecule has 3 nitrogen and oxygen atoms in total. The van der Waals surface area contributed by atoms with E-state index in [1.807, 2.05) is 4.90 Å². The van der Waals surface area contributed by atoms with Gasteiger partial charge in [0, 0.05) is 20.1 Å². The Balaban J connectivity index is 2.60. The highest BCUT2D eigenvalue weighted by molar-refractivity contribution is 5.74. The number of rotatable bonds is 0. The Morgan fingerprint density at radius 3 is 2.50 bits per heavy atom. The SMILES string of the molecule is CNC(=O)N1CC=C(C(C)(C)C)CC1. The molecule has 0 aliphatic carbocycles. The summed E-state index contributed by atoms with van der Waals surface area (Å²) in [5.74, 6) is 0. The Hall–Kier alpha value is -0.990. The molecular formula is C11H20N2O. The van der Waals surface area contributed by atoms with Crippen LogP contribution < -0.4 is 5.32 Å². The highest BCUT2D eigenvalue weighted by Gasteiger charge is 2.22. The molecule has 1 aliphatic rings. The van der Waals surface area contributed by atoms with Crippen LogP contribution in [0.4, 0.5) is 4.79 Å². The van der Waals surface area contributed by atoms with Gasteiger partial charge in [-0.25, -0.2) is 4.79 Å². The minimum atomic E-state index is 0.0224. The van der Waals surface area contributed by atoms with Crippen LogP contribution in [0, 0.1) is 5.41 Å². The summed E-state index contributed by atoms with van der Waals surface area (Å²) >= 11 is 0. The summed E-state index contributed by atoms with van der Waals surface area (Å²) < 4.78 is 0.